The highest BCUT2D eigenvalue weighted by Crippen LogP contribution is 2.45. The van der Waals surface area contributed by atoms with Crippen LogP contribution < -0.4 is 11.1 Å². The van der Waals surface area contributed by atoms with Gasteiger partial charge in [0, 0.05) is 18.9 Å². The second-order valence-corrected chi connectivity index (χ2v) is 5.12. The van der Waals surface area contributed by atoms with Crippen LogP contribution in [0.1, 0.15) is 25.3 Å². The first kappa shape index (κ1) is 13.3. The number of nitrogens with one attached hydrogen (secondary N) is 1. The van der Waals surface area contributed by atoms with Crippen molar-refractivity contribution in [1.29, 1.82) is 0 Å². The van der Waals surface area contributed by atoms with Crippen LogP contribution in [0.2, 0.25) is 0 Å². The topological polar surface area (TPSA) is 101 Å². The van der Waals surface area contributed by atoms with Crippen molar-refractivity contribution >= 4 is 11.7 Å². The first-order chi connectivity index (χ1) is 9.08. The molecule has 1 aliphatic rings. The lowest BCUT2D eigenvalue weighted by Gasteiger charge is -2.43. The van der Waals surface area contributed by atoms with Gasteiger partial charge in [-0.1, -0.05) is 18.1 Å². The van der Waals surface area contributed by atoms with Crippen LogP contribution in [0, 0.1) is 11.3 Å². The molecule has 0 unspecified atom stereocenters. The summed E-state index contributed by atoms with van der Waals surface area (Å²) in [7, 11) is 0. The van der Waals surface area contributed by atoms with Gasteiger partial charge in [0.1, 0.15) is 5.41 Å². The zero-order valence-corrected chi connectivity index (χ0v) is 10.8. The van der Waals surface area contributed by atoms with Crippen LogP contribution in [-0.4, -0.2) is 21.9 Å². The predicted octanol–water partition coefficient (Wildman–Crippen LogP) is 0.860. The summed E-state index contributed by atoms with van der Waals surface area (Å²) in [5.41, 5.74) is 5.74. The fourth-order valence-corrected chi connectivity index (χ4v) is 2.59. The van der Waals surface area contributed by atoms with Gasteiger partial charge in [-0.3, -0.25) is 9.78 Å². The molecule has 0 bridgehead atoms. The summed E-state index contributed by atoms with van der Waals surface area (Å²) in [6, 6.07) is 3.69. The molecule has 19 heavy (non-hydrogen) atoms. The molecule has 1 heterocycles. The number of carbonyl (C=O) groups is 1. The van der Waals surface area contributed by atoms with E-state index in [-0.39, 0.29) is 11.7 Å². The summed E-state index contributed by atoms with van der Waals surface area (Å²) in [4.78, 5) is 16.2. The van der Waals surface area contributed by atoms with Gasteiger partial charge in [-0.15, -0.1) is 0 Å². The molecule has 1 aliphatic carbocycles. The van der Waals surface area contributed by atoms with Crippen molar-refractivity contribution in [2.24, 2.45) is 22.2 Å². The van der Waals surface area contributed by atoms with Crippen molar-refractivity contribution in [2.45, 2.75) is 26.3 Å². The van der Waals surface area contributed by atoms with E-state index in [1.54, 1.807) is 12.4 Å². The summed E-state index contributed by atoms with van der Waals surface area (Å²) in [5.74, 6) is 0.212. The third kappa shape index (κ3) is 2.52. The monoisotopic (exact) mass is 262 g/mol. The minimum Gasteiger partial charge on any atom is -0.409 e. The average Bonchev–Trinajstić information content (AvgIpc) is 2.41. The Hall–Kier alpha value is -2.11. The SMILES string of the molecule is CC1CC(C(=O)NCc2cccnc2)(/C(N)=N/O)C1. The molecule has 1 aromatic heterocycles. The minimum atomic E-state index is -0.851. The van der Waals surface area contributed by atoms with E-state index in [4.69, 9.17) is 10.9 Å². The number of pyridine rings is 1. The molecule has 0 radical (unpaired) electrons. The fourth-order valence-electron chi connectivity index (χ4n) is 2.59. The number of hydrogen-bond acceptors (Lipinski definition) is 4. The van der Waals surface area contributed by atoms with Crippen molar-refractivity contribution in [2.75, 3.05) is 0 Å². The zero-order valence-electron chi connectivity index (χ0n) is 10.8. The highest BCUT2D eigenvalue weighted by molar-refractivity contribution is 6.07. The molecule has 0 aromatic carbocycles. The number of carbonyl (C=O) groups excluding carboxylic acids is 1. The molecule has 0 aliphatic heterocycles. The number of hydrogen-bond donors (Lipinski definition) is 3. The van der Waals surface area contributed by atoms with Crippen LogP contribution in [0.3, 0.4) is 0 Å². The number of amides is 1. The van der Waals surface area contributed by atoms with Gasteiger partial charge < -0.3 is 16.3 Å². The number of amidine groups is 1. The Kier molecular flexibility index (Phi) is 3.69. The van der Waals surface area contributed by atoms with Crippen molar-refractivity contribution in [3.63, 3.8) is 0 Å². The third-order valence-electron chi connectivity index (χ3n) is 3.60. The Morgan fingerprint density at radius 2 is 2.42 bits per heavy atom. The molecule has 2 rings (SSSR count). The van der Waals surface area contributed by atoms with Crippen LogP contribution >= 0.6 is 0 Å². The predicted molar refractivity (Wildman–Crippen MR) is 70.3 cm³/mol. The molecule has 6 heteroatoms. The maximum Gasteiger partial charge on any atom is 0.234 e. The normalized spacial score (nSPS) is 26.6. The summed E-state index contributed by atoms with van der Waals surface area (Å²) in [5, 5.41) is 14.7. The van der Waals surface area contributed by atoms with E-state index in [9.17, 15) is 4.79 Å². The van der Waals surface area contributed by atoms with Crippen LogP contribution in [0.25, 0.3) is 0 Å². The lowest BCUT2D eigenvalue weighted by molar-refractivity contribution is -0.133. The number of nitrogens with zero attached hydrogens (tertiary/aromatic N) is 2. The third-order valence-corrected chi connectivity index (χ3v) is 3.60. The van der Waals surface area contributed by atoms with E-state index in [0.717, 1.165) is 5.56 Å². The summed E-state index contributed by atoms with van der Waals surface area (Å²) in [6.07, 6.45) is 4.60. The number of rotatable bonds is 4. The maximum atomic E-state index is 12.3. The largest absolute Gasteiger partial charge is 0.409 e. The lowest BCUT2D eigenvalue weighted by Crippen LogP contribution is -2.56. The molecule has 1 saturated carbocycles. The molecule has 0 saturated heterocycles. The highest BCUT2D eigenvalue weighted by atomic mass is 16.4. The number of nitrogens with two attached hydrogens (primary N) is 1. The smallest absolute Gasteiger partial charge is 0.234 e. The van der Waals surface area contributed by atoms with E-state index in [2.05, 4.69) is 15.5 Å². The van der Waals surface area contributed by atoms with Crippen LogP contribution in [0.4, 0.5) is 0 Å². The Morgan fingerprint density at radius 1 is 1.68 bits per heavy atom. The Labute approximate surface area is 111 Å². The van der Waals surface area contributed by atoms with E-state index >= 15 is 0 Å². The number of aromatic nitrogens is 1. The van der Waals surface area contributed by atoms with Crippen molar-refractivity contribution in [3.8, 4) is 0 Å². The molecule has 0 atom stereocenters. The second-order valence-electron chi connectivity index (χ2n) is 5.12. The molecule has 1 aromatic rings. The summed E-state index contributed by atoms with van der Waals surface area (Å²) >= 11 is 0. The molecular weight excluding hydrogens is 244 g/mol. The Bertz CT molecular complexity index is 481. The van der Waals surface area contributed by atoms with Gasteiger partial charge in [0.15, 0.2) is 5.84 Å². The quantitative estimate of drug-likeness (QED) is 0.324. The minimum absolute atomic E-state index is 0.00529. The van der Waals surface area contributed by atoms with E-state index in [1.165, 1.54) is 0 Å². The van der Waals surface area contributed by atoms with Gasteiger partial charge in [-0.25, -0.2) is 0 Å². The average molecular weight is 262 g/mol. The second kappa shape index (κ2) is 5.26. The van der Waals surface area contributed by atoms with E-state index < -0.39 is 5.41 Å². The fraction of sp³-hybridized carbons (Fsp3) is 0.462. The lowest BCUT2D eigenvalue weighted by atomic mass is 9.61. The molecule has 1 amide bonds. The van der Waals surface area contributed by atoms with Crippen molar-refractivity contribution in [3.05, 3.63) is 30.1 Å². The Morgan fingerprint density at radius 3 is 2.95 bits per heavy atom. The number of oxime groups is 1. The first-order valence-corrected chi connectivity index (χ1v) is 6.23. The van der Waals surface area contributed by atoms with E-state index in [0.29, 0.717) is 25.3 Å². The zero-order chi connectivity index (χ0) is 13.9. The van der Waals surface area contributed by atoms with Gasteiger partial charge in [-0.05, 0) is 30.4 Å². The van der Waals surface area contributed by atoms with E-state index in [1.807, 2.05) is 19.1 Å². The molecule has 4 N–H and O–H groups in total. The first-order valence-electron chi connectivity index (χ1n) is 6.23. The molecule has 0 spiro atoms. The van der Waals surface area contributed by atoms with Gasteiger partial charge in [0.25, 0.3) is 0 Å². The van der Waals surface area contributed by atoms with Crippen molar-refractivity contribution < 1.29 is 10.0 Å². The van der Waals surface area contributed by atoms with Crippen LogP contribution in [0.15, 0.2) is 29.7 Å². The van der Waals surface area contributed by atoms with Gasteiger partial charge >= 0.3 is 0 Å². The summed E-state index contributed by atoms with van der Waals surface area (Å²) < 4.78 is 0. The van der Waals surface area contributed by atoms with Crippen LogP contribution in [0.5, 0.6) is 0 Å². The summed E-state index contributed by atoms with van der Waals surface area (Å²) in [6.45, 7) is 2.43. The molecule has 102 valence electrons. The van der Waals surface area contributed by atoms with Crippen molar-refractivity contribution in [1.82, 2.24) is 10.3 Å². The van der Waals surface area contributed by atoms with Gasteiger partial charge in [-0.2, -0.15) is 0 Å². The van der Waals surface area contributed by atoms with Crippen LogP contribution in [-0.2, 0) is 11.3 Å². The highest BCUT2D eigenvalue weighted by Gasteiger charge is 2.52. The maximum absolute atomic E-state index is 12.3. The Balaban J connectivity index is 2.02. The van der Waals surface area contributed by atoms with Gasteiger partial charge in [0.05, 0.1) is 0 Å². The standard InChI is InChI=1S/C13H18N4O2/c1-9-5-13(6-9,11(14)17-19)12(18)16-8-10-3-2-4-15-7-10/h2-4,7,9,19H,5-6,8H2,1H3,(H2,14,17)(H,16,18). The molecule has 6 nitrogen and oxygen atoms in total. The van der Waals surface area contributed by atoms with Gasteiger partial charge in [0.2, 0.25) is 5.91 Å². The molecular formula is C13H18N4O2. The molecule has 1 fully saturated rings.